The third kappa shape index (κ3) is 5.44. The predicted octanol–water partition coefficient (Wildman–Crippen LogP) is 13.7. The number of hydrogen-bond donors (Lipinski definition) is 0. The molecule has 1 aromatic heterocycles. The zero-order chi connectivity index (χ0) is 38.1. The summed E-state index contributed by atoms with van der Waals surface area (Å²) in [6.45, 7) is 4.80. The first kappa shape index (κ1) is 33.9. The van der Waals surface area contributed by atoms with Crippen LogP contribution in [0.3, 0.4) is 0 Å². The summed E-state index contributed by atoms with van der Waals surface area (Å²) in [6, 6.07) is 59.5. The fourth-order valence-corrected chi connectivity index (χ4v) is 10.2. The first-order chi connectivity index (χ1) is 28.0. The van der Waals surface area contributed by atoms with Crippen molar-refractivity contribution >= 4 is 0 Å². The van der Waals surface area contributed by atoms with E-state index >= 15 is 0 Å². The Kier molecular flexibility index (Phi) is 7.76. The first-order valence-corrected chi connectivity index (χ1v) is 20.5. The minimum atomic E-state index is -0.0172. The first-order valence-electron chi connectivity index (χ1n) is 20.5. The van der Waals surface area contributed by atoms with E-state index in [1.165, 1.54) is 87.7 Å². The smallest absolute Gasteiger partial charge is 0.164 e. The second-order valence-corrected chi connectivity index (χ2v) is 16.7. The van der Waals surface area contributed by atoms with Crippen molar-refractivity contribution in [2.75, 3.05) is 0 Å². The van der Waals surface area contributed by atoms with Crippen LogP contribution in [0.5, 0.6) is 0 Å². The van der Waals surface area contributed by atoms with E-state index in [1.54, 1.807) is 5.56 Å². The van der Waals surface area contributed by atoms with Gasteiger partial charge in [-0.25, -0.2) is 15.0 Å². The molecule has 3 aliphatic carbocycles. The van der Waals surface area contributed by atoms with Crippen LogP contribution in [0.1, 0.15) is 68.2 Å². The standard InChI is InChI=1S/C54H43N3/c1-53(2)46-19-11-10-18-42(46)44-34-49-45(33-48(44)53)43-32-41(28-29-47(43)54(49)30-12-5-13-31-54)37-22-20-35(21-23-37)36-24-26-40(27-25-36)52-56-50(38-14-6-3-7-15-38)55-51(57-52)39-16-8-4-9-17-39/h3-4,6-11,14-29,32-34H,5,12-13,30-31H2,1-2H3. The zero-order valence-electron chi connectivity index (χ0n) is 32.5. The molecule has 1 fully saturated rings. The third-order valence-electron chi connectivity index (χ3n) is 13.2. The lowest BCUT2D eigenvalue weighted by atomic mass is 9.67. The van der Waals surface area contributed by atoms with Gasteiger partial charge in [0.25, 0.3) is 0 Å². The molecule has 0 unspecified atom stereocenters. The van der Waals surface area contributed by atoms with Gasteiger partial charge in [-0.1, -0.05) is 179 Å². The third-order valence-corrected chi connectivity index (χ3v) is 13.2. The topological polar surface area (TPSA) is 38.7 Å². The molecule has 1 heterocycles. The molecule has 57 heavy (non-hydrogen) atoms. The lowest BCUT2D eigenvalue weighted by molar-refractivity contribution is 0.353. The Morgan fingerprint density at radius 3 is 1.37 bits per heavy atom. The molecule has 8 aromatic rings. The van der Waals surface area contributed by atoms with Crippen LogP contribution in [0.15, 0.2) is 164 Å². The van der Waals surface area contributed by atoms with Gasteiger partial charge >= 0.3 is 0 Å². The zero-order valence-corrected chi connectivity index (χ0v) is 32.5. The Bertz CT molecular complexity index is 2750. The van der Waals surface area contributed by atoms with E-state index in [2.05, 4.69) is 117 Å². The van der Waals surface area contributed by atoms with Crippen molar-refractivity contribution in [3.63, 3.8) is 0 Å². The molecule has 3 heteroatoms. The molecule has 1 spiro atoms. The maximum Gasteiger partial charge on any atom is 0.164 e. The van der Waals surface area contributed by atoms with Crippen molar-refractivity contribution < 1.29 is 0 Å². The number of rotatable bonds is 5. The van der Waals surface area contributed by atoms with E-state index in [9.17, 15) is 0 Å². The predicted molar refractivity (Wildman–Crippen MR) is 234 cm³/mol. The molecule has 0 aliphatic heterocycles. The highest BCUT2D eigenvalue weighted by Crippen LogP contribution is 2.60. The Morgan fingerprint density at radius 1 is 0.333 bits per heavy atom. The second kappa shape index (κ2) is 13.1. The van der Waals surface area contributed by atoms with Gasteiger partial charge in [0.05, 0.1) is 0 Å². The highest BCUT2D eigenvalue weighted by atomic mass is 15.0. The highest BCUT2D eigenvalue weighted by Gasteiger charge is 2.46. The Labute approximate surface area is 335 Å². The van der Waals surface area contributed by atoms with Crippen molar-refractivity contribution in [2.45, 2.75) is 56.8 Å². The summed E-state index contributed by atoms with van der Waals surface area (Å²) in [5.41, 5.74) is 19.6. The van der Waals surface area contributed by atoms with Crippen LogP contribution in [-0.2, 0) is 10.8 Å². The van der Waals surface area contributed by atoms with Crippen LogP contribution in [0.2, 0.25) is 0 Å². The van der Waals surface area contributed by atoms with Gasteiger partial charge in [-0.2, -0.15) is 0 Å². The van der Waals surface area contributed by atoms with Crippen molar-refractivity contribution in [1.29, 1.82) is 0 Å². The minimum absolute atomic E-state index is 0.0172. The largest absolute Gasteiger partial charge is 0.208 e. The minimum Gasteiger partial charge on any atom is -0.208 e. The Morgan fingerprint density at radius 2 is 0.772 bits per heavy atom. The van der Waals surface area contributed by atoms with E-state index in [-0.39, 0.29) is 10.8 Å². The summed E-state index contributed by atoms with van der Waals surface area (Å²) < 4.78 is 0. The van der Waals surface area contributed by atoms with Gasteiger partial charge in [0.1, 0.15) is 0 Å². The van der Waals surface area contributed by atoms with Crippen LogP contribution in [0.25, 0.3) is 78.7 Å². The molecule has 0 atom stereocenters. The number of aromatic nitrogens is 3. The normalized spacial score (nSPS) is 15.5. The van der Waals surface area contributed by atoms with Gasteiger partial charge in [0.2, 0.25) is 0 Å². The van der Waals surface area contributed by atoms with Gasteiger partial charge in [0.15, 0.2) is 17.5 Å². The molecule has 0 radical (unpaired) electrons. The summed E-state index contributed by atoms with van der Waals surface area (Å²) >= 11 is 0. The SMILES string of the molecule is CC1(C)c2ccccc2-c2cc3c(cc21)-c1cc(-c2ccc(-c4ccc(-c5nc(-c6ccccc6)nc(-c6ccccc6)n5)cc4)cc2)ccc1C31CCCCC1. The number of benzene rings is 7. The number of hydrogen-bond acceptors (Lipinski definition) is 3. The van der Waals surface area contributed by atoms with E-state index in [4.69, 9.17) is 15.0 Å². The van der Waals surface area contributed by atoms with Crippen molar-refractivity contribution in [2.24, 2.45) is 0 Å². The summed E-state index contributed by atoms with van der Waals surface area (Å²) in [5, 5.41) is 0. The number of fused-ring (bicyclic) bond motifs is 8. The van der Waals surface area contributed by atoms with Gasteiger partial charge in [-0.3, -0.25) is 0 Å². The van der Waals surface area contributed by atoms with Crippen molar-refractivity contribution in [1.82, 2.24) is 15.0 Å². The van der Waals surface area contributed by atoms with Gasteiger partial charge < -0.3 is 0 Å². The van der Waals surface area contributed by atoms with Crippen LogP contribution < -0.4 is 0 Å². The summed E-state index contributed by atoms with van der Waals surface area (Å²) in [7, 11) is 0. The molecule has 7 aromatic carbocycles. The molecule has 274 valence electrons. The van der Waals surface area contributed by atoms with E-state index in [0.29, 0.717) is 17.5 Å². The summed E-state index contributed by atoms with van der Waals surface area (Å²) in [6.07, 6.45) is 6.39. The average molecular weight is 734 g/mol. The molecule has 3 nitrogen and oxygen atoms in total. The molecule has 0 N–H and O–H groups in total. The fraction of sp³-hybridized carbons (Fsp3) is 0.167. The average Bonchev–Trinajstić information content (AvgIpc) is 3.66. The summed E-state index contributed by atoms with van der Waals surface area (Å²) in [5.74, 6) is 2.00. The molecule has 0 bridgehead atoms. The molecular weight excluding hydrogens is 691 g/mol. The quantitative estimate of drug-likeness (QED) is 0.177. The van der Waals surface area contributed by atoms with Crippen LogP contribution in [-0.4, -0.2) is 15.0 Å². The van der Waals surface area contributed by atoms with Gasteiger partial charge in [0, 0.05) is 27.5 Å². The van der Waals surface area contributed by atoms with Gasteiger partial charge in [-0.15, -0.1) is 0 Å². The molecule has 1 saturated carbocycles. The maximum absolute atomic E-state index is 4.92. The monoisotopic (exact) mass is 733 g/mol. The second-order valence-electron chi connectivity index (χ2n) is 16.7. The molecule has 11 rings (SSSR count). The van der Waals surface area contributed by atoms with Gasteiger partial charge in [-0.05, 0) is 97.8 Å². The number of nitrogens with zero attached hydrogens (tertiary/aromatic N) is 3. The van der Waals surface area contributed by atoms with Crippen LogP contribution in [0, 0.1) is 0 Å². The van der Waals surface area contributed by atoms with Crippen LogP contribution in [0.4, 0.5) is 0 Å². The fourth-order valence-electron chi connectivity index (χ4n) is 10.2. The van der Waals surface area contributed by atoms with Crippen LogP contribution >= 0.6 is 0 Å². The maximum atomic E-state index is 4.92. The van der Waals surface area contributed by atoms with E-state index in [1.807, 2.05) is 60.7 Å². The Balaban J connectivity index is 0.922. The van der Waals surface area contributed by atoms with Crippen molar-refractivity contribution in [3.8, 4) is 78.7 Å². The van der Waals surface area contributed by atoms with E-state index in [0.717, 1.165) is 22.3 Å². The lowest BCUT2D eigenvalue weighted by Gasteiger charge is -2.36. The molecule has 0 amide bonds. The molecule has 0 saturated heterocycles. The van der Waals surface area contributed by atoms with E-state index < -0.39 is 0 Å². The Hall–Kier alpha value is -6.45. The molecule has 3 aliphatic rings. The van der Waals surface area contributed by atoms with Crippen molar-refractivity contribution in [3.05, 3.63) is 186 Å². The lowest BCUT2D eigenvalue weighted by Crippen LogP contribution is -2.28. The highest BCUT2D eigenvalue weighted by molar-refractivity contribution is 5.91. The molecular formula is C54H43N3. The summed E-state index contributed by atoms with van der Waals surface area (Å²) in [4.78, 5) is 14.7.